The molecule has 0 fully saturated rings. The Balaban J connectivity index is 2.18. The fourth-order valence-electron chi connectivity index (χ4n) is 1.55. The first kappa shape index (κ1) is 15.3. The average Bonchev–Trinajstić information content (AvgIpc) is 2.49. The minimum atomic E-state index is -0.422. The molecule has 0 unspecified atom stereocenters. The van der Waals surface area contributed by atoms with E-state index in [1.54, 1.807) is 24.3 Å². The molecule has 2 aromatic rings. The van der Waals surface area contributed by atoms with Crippen LogP contribution < -0.4 is 10.6 Å². The minimum Gasteiger partial charge on any atom is -0.366 e. The third kappa shape index (κ3) is 3.93. The summed E-state index contributed by atoms with van der Waals surface area (Å²) in [6.07, 6.45) is 2.99. The zero-order chi connectivity index (χ0) is 15.2. The van der Waals surface area contributed by atoms with Crippen LogP contribution in [0.4, 0.5) is 11.5 Å². The highest BCUT2D eigenvalue weighted by Gasteiger charge is 2.13. The second-order valence-electron chi connectivity index (χ2n) is 4.01. The third-order valence-electron chi connectivity index (χ3n) is 2.53. The molecule has 1 heterocycles. The summed E-state index contributed by atoms with van der Waals surface area (Å²) in [6.45, 7) is 4.13. The second kappa shape index (κ2) is 7.06. The Morgan fingerprint density at radius 2 is 2.00 bits per heavy atom. The van der Waals surface area contributed by atoms with E-state index in [-0.39, 0.29) is 5.69 Å². The van der Waals surface area contributed by atoms with Crippen molar-refractivity contribution >= 4 is 40.6 Å². The van der Waals surface area contributed by atoms with E-state index in [1.807, 2.05) is 0 Å². The molecule has 2 N–H and O–H groups in total. The molecule has 0 atom stereocenters. The van der Waals surface area contributed by atoms with Crippen molar-refractivity contribution in [2.45, 2.75) is 0 Å². The van der Waals surface area contributed by atoms with Crippen molar-refractivity contribution < 1.29 is 4.79 Å². The van der Waals surface area contributed by atoms with Crippen molar-refractivity contribution in [2.24, 2.45) is 0 Å². The number of aromatic nitrogens is 2. The molecule has 5 nitrogen and oxygen atoms in total. The van der Waals surface area contributed by atoms with Crippen LogP contribution in [0.15, 0.2) is 43.2 Å². The van der Waals surface area contributed by atoms with E-state index in [1.165, 1.54) is 12.4 Å². The topological polar surface area (TPSA) is 66.9 Å². The van der Waals surface area contributed by atoms with Gasteiger partial charge in [0, 0.05) is 12.6 Å². The molecule has 2 rings (SSSR count). The summed E-state index contributed by atoms with van der Waals surface area (Å²) in [6, 6.07) is 6.51. The van der Waals surface area contributed by atoms with Crippen LogP contribution in [0, 0.1) is 0 Å². The minimum absolute atomic E-state index is 0.201. The molecular formula is C14H12Cl2N4O. The van der Waals surface area contributed by atoms with Crippen molar-refractivity contribution in [3.8, 4) is 0 Å². The van der Waals surface area contributed by atoms with E-state index in [9.17, 15) is 4.79 Å². The molecule has 1 aromatic heterocycles. The van der Waals surface area contributed by atoms with E-state index in [4.69, 9.17) is 23.2 Å². The van der Waals surface area contributed by atoms with Crippen molar-refractivity contribution in [3.63, 3.8) is 0 Å². The lowest BCUT2D eigenvalue weighted by Gasteiger charge is -2.09. The summed E-state index contributed by atoms with van der Waals surface area (Å²) in [7, 11) is 0. The van der Waals surface area contributed by atoms with Crippen molar-refractivity contribution in [1.29, 1.82) is 0 Å². The standard InChI is InChI=1S/C14H12Cl2N4O/c1-2-6-17-12-7-11(18-8-19-12)14(21)20-13-9(15)4-3-5-10(13)16/h2-5,7-8H,1,6H2,(H,20,21)(H,17,18,19). The van der Waals surface area contributed by atoms with Gasteiger partial charge in [0.15, 0.2) is 0 Å². The van der Waals surface area contributed by atoms with Crippen LogP contribution in [0.3, 0.4) is 0 Å². The number of hydrogen-bond donors (Lipinski definition) is 2. The van der Waals surface area contributed by atoms with Crippen molar-refractivity contribution in [1.82, 2.24) is 9.97 Å². The zero-order valence-electron chi connectivity index (χ0n) is 10.9. The molecule has 0 spiro atoms. The number of hydrogen-bond acceptors (Lipinski definition) is 4. The van der Waals surface area contributed by atoms with Gasteiger partial charge in [0.1, 0.15) is 17.8 Å². The van der Waals surface area contributed by atoms with Crippen LogP contribution in [0.25, 0.3) is 0 Å². The van der Waals surface area contributed by atoms with Crippen LogP contribution in [0.2, 0.25) is 10.0 Å². The number of carbonyl (C=O) groups excluding carboxylic acids is 1. The van der Waals surface area contributed by atoms with Crippen molar-refractivity contribution in [2.75, 3.05) is 17.2 Å². The monoisotopic (exact) mass is 322 g/mol. The highest BCUT2D eigenvalue weighted by Crippen LogP contribution is 2.30. The Labute approximate surface area is 132 Å². The number of rotatable bonds is 5. The molecule has 0 saturated carbocycles. The summed E-state index contributed by atoms with van der Waals surface area (Å²) in [5.74, 6) is 0.106. The van der Waals surface area contributed by atoms with Crippen LogP contribution >= 0.6 is 23.2 Å². The molecule has 21 heavy (non-hydrogen) atoms. The van der Waals surface area contributed by atoms with Gasteiger partial charge in [0.2, 0.25) is 0 Å². The quantitative estimate of drug-likeness (QED) is 0.825. The molecule has 0 aliphatic rings. The Hall–Kier alpha value is -2.11. The third-order valence-corrected chi connectivity index (χ3v) is 3.16. The fraction of sp³-hybridized carbons (Fsp3) is 0.0714. The van der Waals surface area contributed by atoms with Crippen molar-refractivity contribution in [3.05, 3.63) is 59.0 Å². The normalized spacial score (nSPS) is 10.0. The number of amides is 1. The molecule has 1 aromatic carbocycles. The number of para-hydroxylation sites is 1. The molecule has 1 amide bonds. The molecule has 108 valence electrons. The molecule has 0 saturated heterocycles. The molecule has 0 radical (unpaired) electrons. The predicted octanol–water partition coefficient (Wildman–Crippen LogP) is 3.63. The molecule has 0 aliphatic carbocycles. The van der Waals surface area contributed by atoms with E-state index in [0.717, 1.165) is 0 Å². The van der Waals surface area contributed by atoms with Gasteiger partial charge in [-0.2, -0.15) is 0 Å². The average molecular weight is 323 g/mol. The molecular weight excluding hydrogens is 311 g/mol. The lowest BCUT2D eigenvalue weighted by molar-refractivity contribution is 0.102. The first-order valence-corrected chi connectivity index (χ1v) is 6.79. The summed E-state index contributed by atoms with van der Waals surface area (Å²) < 4.78 is 0. The lowest BCUT2D eigenvalue weighted by atomic mass is 10.3. The summed E-state index contributed by atoms with van der Waals surface area (Å²) in [4.78, 5) is 20.1. The van der Waals surface area contributed by atoms with Crippen LogP contribution in [-0.2, 0) is 0 Å². The Kier molecular flexibility index (Phi) is 5.14. The second-order valence-corrected chi connectivity index (χ2v) is 4.82. The van der Waals surface area contributed by atoms with Gasteiger partial charge in [-0.3, -0.25) is 4.79 Å². The highest BCUT2D eigenvalue weighted by atomic mass is 35.5. The first-order chi connectivity index (χ1) is 10.1. The lowest BCUT2D eigenvalue weighted by Crippen LogP contribution is -2.15. The Morgan fingerprint density at radius 3 is 2.67 bits per heavy atom. The molecule has 7 heteroatoms. The van der Waals surface area contributed by atoms with E-state index < -0.39 is 5.91 Å². The molecule has 0 aliphatic heterocycles. The van der Waals surface area contributed by atoms with Gasteiger partial charge >= 0.3 is 0 Å². The predicted molar refractivity (Wildman–Crippen MR) is 85.1 cm³/mol. The van der Waals surface area contributed by atoms with Crippen LogP contribution in [0.5, 0.6) is 0 Å². The smallest absolute Gasteiger partial charge is 0.274 e. The Bertz CT molecular complexity index is 656. The fourth-order valence-corrected chi connectivity index (χ4v) is 2.04. The van der Waals surface area contributed by atoms with E-state index in [0.29, 0.717) is 28.1 Å². The van der Waals surface area contributed by atoms with Gasteiger partial charge in [-0.15, -0.1) is 6.58 Å². The number of anilines is 2. The number of benzene rings is 1. The van der Waals surface area contributed by atoms with Crippen LogP contribution in [-0.4, -0.2) is 22.4 Å². The summed E-state index contributed by atoms with van der Waals surface area (Å²) in [5.41, 5.74) is 0.553. The maximum Gasteiger partial charge on any atom is 0.274 e. The van der Waals surface area contributed by atoms with E-state index in [2.05, 4.69) is 27.2 Å². The van der Waals surface area contributed by atoms with Gasteiger partial charge < -0.3 is 10.6 Å². The first-order valence-electron chi connectivity index (χ1n) is 6.04. The molecule has 0 bridgehead atoms. The SMILES string of the molecule is C=CCNc1cc(C(=O)Nc2c(Cl)cccc2Cl)ncn1. The summed E-state index contributed by atoms with van der Waals surface area (Å²) >= 11 is 12.0. The van der Waals surface area contributed by atoms with Crippen LogP contribution in [0.1, 0.15) is 10.5 Å². The number of nitrogens with zero attached hydrogens (tertiary/aromatic N) is 2. The number of carbonyl (C=O) groups is 1. The zero-order valence-corrected chi connectivity index (χ0v) is 12.4. The maximum atomic E-state index is 12.2. The maximum absolute atomic E-state index is 12.2. The Morgan fingerprint density at radius 1 is 1.29 bits per heavy atom. The largest absolute Gasteiger partial charge is 0.366 e. The van der Waals surface area contributed by atoms with Gasteiger partial charge in [0.25, 0.3) is 5.91 Å². The number of halogens is 2. The summed E-state index contributed by atoms with van der Waals surface area (Å²) in [5, 5.41) is 6.32. The van der Waals surface area contributed by atoms with Gasteiger partial charge in [0.05, 0.1) is 15.7 Å². The van der Waals surface area contributed by atoms with Gasteiger partial charge in [-0.05, 0) is 12.1 Å². The highest BCUT2D eigenvalue weighted by molar-refractivity contribution is 6.40. The van der Waals surface area contributed by atoms with Gasteiger partial charge in [-0.25, -0.2) is 9.97 Å². The van der Waals surface area contributed by atoms with Gasteiger partial charge in [-0.1, -0.05) is 35.3 Å². The number of nitrogens with one attached hydrogen (secondary N) is 2. The van der Waals surface area contributed by atoms with E-state index >= 15 is 0 Å².